The molecule has 0 saturated carbocycles. The number of thioether (sulfide) groups is 1. The molecular formula is C10H7BrN2OS2. The number of carbonyl (C=O) groups excluding carboxylic acids is 1. The van der Waals surface area contributed by atoms with Crippen molar-refractivity contribution in [1.29, 1.82) is 0 Å². The quantitative estimate of drug-likeness (QED) is 0.475. The highest BCUT2D eigenvalue weighted by Crippen LogP contribution is 2.28. The fraction of sp³-hybridized carbons (Fsp3) is 0. The van der Waals surface area contributed by atoms with E-state index in [2.05, 4.69) is 21.2 Å². The minimum Gasteiger partial charge on any atom is -0.398 e. The van der Waals surface area contributed by atoms with Crippen molar-refractivity contribution in [1.82, 2.24) is 5.32 Å². The van der Waals surface area contributed by atoms with Gasteiger partial charge in [0.1, 0.15) is 4.32 Å². The second-order valence-electron chi connectivity index (χ2n) is 3.13. The van der Waals surface area contributed by atoms with Crippen LogP contribution in [0.25, 0.3) is 6.08 Å². The van der Waals surface area contributed by atoms with E-state index < -0.39 is 0 Å². The second kappa shape index (κ2) is 4.57. The molecule has 0 unspecified atom stereocenters. The van der Waals surface area contributed by atoms with Gasteiger partial charge in [0.25, 0.3) is 5.91 Å². The van der Waals surface area contributed by atoms with Gasteiger partial charge in [-0.05, 0) is 29.8 Å². The molecular weight excluding hydrogens is 308 g/mol. The fourth-order valence-electron chi connectivity index (χ4n) is 1.23. The van der Waals surface area contributed by atoms with Crippen LogP contribution in [-0.2, 0) is 4.79 Å². The Morgan fingerprint density at radius 3 is 2.88 bits per heavy atom. The Morgan fingerprint density at radius 2 is 2.25 bits per heavy atom. The maximum absolute atomic E-state index is 11.4. The van der Waals surface area contributed by atoms with Crippen LogP contribution >= 0.6 is 39.9 Å². The zero-order valence-corrected chi connectivity index (χ0v) is 11.2. The number of benzene rings is 1. The molecule has 1 aromatic carbocycles. The van der Waals surface area contributed by atoms with Gasteiger partial charge >= 0.3 is 0 Å². The van der Waals surface area contributed by atoms with Gasteiger partial charge in [-0.2, -0.15) is 0 Å². The highest BCUT2D eigenvalue weighted by atomic mass is 79.9. The number of thiocarbonyl (C=S) groups is 1. The van der Waals surface area contributed by atoms with Crippen LogP contribution in [-0.4, -0.2) is 10.2 Å². The molecule has 0 spiro atoms. The van der Waals surface area contributed by atoms with Gasteiger partial charge in [-0.25, -0.2) is 0 Å². The minimum atomic E-state index is -0.172. The Labute approximate surface area is 111 Å². The maximum Gasteiger partial charge on any atom is 0.263 e. The number of halogens is 1. The Bertz CT molecular complexity index is 514. The van der Waals surface area contributed by atoms with Gasteiger partial charge < -0.3 is 11.1 Å². The van der Waals surface area contributed by atoms with Gasteiger partial charge in [-0.1, -0.05) is 39.9 Å². The highest BCUT2D eigenvalue weighted by Gasteiger charge is 2.22. The van der Waals surface area contributed by atoms with Crippen molar-refractivity contribution in [3.8, 4) is 0 Å². The molecule has 3 N–H and O–H groups in total. The summed E-state index contributed by atoms with van der Waals surface area (Å²) in [6, 6.07) is 5.49. The van der Waals surface area contributed by atoms with Crippen LogP contribution in [0.15, 0.2) is 27.6 Å². The van der Waals surface area contributed by atoms with Gasteiger partial charge in [0.2, 0.25) is 0 Å². The van der Waals surface area contributed by atoms with Crippen LogP contribution in [0.4, 0.5) is 5.69 Å². The summed E-state index contributed by atoms with van der Waals surface area (Å²) < 4.78 is 1.39. The molecule has 1 aliphatic heterocycles. The molecule has 0 aliphatic carbocycles. The summed E-state index contributed by atoms with van der Waals surface area (Å²) in [5.74, 6) is -0.172. The van der Waals surface area contributed by atoms with Crippen molar-refractivity contribution in [3.05, 3.63) is 33.1 Å². The zero-order chi connectivity index (χ0) is 11.7. The first kappa shape index (κ1) is 11.6. The summed E-state index contributed by atoms with van der Waals surface area (Å²) in [7, 11) is 0. The first-order valence-corrected chi connectivity index (χ1v) is 6.38. The largest absolute Gasteiger partial charge is 0.398 e. The predicted octanol–water partition coefficient (Wildman–Crippen LogP) is 2.52. The highest BCUT2D eigenvalue weighted by molar-refractivity contribution is 9.10. The van der Waals surface area contributed by atoms with E-state index in [1.807, 2.05) is 12.1 Å². The summed E-state index contributed by atoms with van der Waals surface area (Å²) >= 11 is 9.50. The molecule has 0 aromatic heterocycles. The van der Waals surface area contributed by atoms with Crippen LogP contribution in [0.3, 0.4) is 0 Å². The van der Waals surface area contributed by atoms with Gasteiger partial charge in [-0.15, -0.1) is 0 Å². The number of amides is 1. The molecule has 1 saturated heterocycles. The molecule has 82 valence electrons. The molecule has 1 amide bonds. The number of hydrogen-bond acceptors (Lipinski definition) is 4. The monoisotopic (exact) mass is 314 g/mol. The lowest BCUT2D eigenvalue weighted by Crippen LogP contribution is -2.17. The van der Waals surface area contributed by atoms with Crippen molar-refractivity contribution >= 4 is 61.9 Å². The van der Waals surface area contributed by atoms with Crippen molar-refractivity contribution in [3.63, 3.8) is 0 Å². The molecule has 1 fully saturated rings. The van der Waals surface area contributed by atoms with E-state index in [-0.39, 0.29) is 5.91 Å². The van der Waals surface area contributed by atoms with Gasteiger partial charge in [0.15, 0.2) is 0 Å². The molecule has 0 radical (unpaired) electrons. The molecule has 16 heavy (non-hydrogen) atoms. The Hall–Kier alpha value is -0.850. The lowest BCUT2D eigenvalue weighted by molar-refractivity contribution is -0.115. The normalized spacial score (nSPS) is 17.9. The zero-order valence-electron chi connectivity index (χ0n) is 7.99. The number of rotatable bonds is 1. The third-order valence-corrected chi connectivity index (χ3v) is 3.63. The summed E-state index contributed by atoms with van der Waals surface area (Å²) in [6.07, 6.45) is 1.74. The van der Waals surface area contributed by atoms with E-state index in [4.69, 9.17) is 18.0 Å². The molecule has 1 heterocycles. The van der Waals surface area contributed by atoms with Gasteiger partial charge in [0.05, 0.1) is 4.91 Å². The lowest BCUT2D eigenvalue weighted by atomic mass is 10.1. The Kier molecular flexibility index (Phi) is 3.32. The maximum atomic E-state index is 11.4. The van der Waals surface area contributed by atoms with Crippen molar-refractivity contribution < 1.29 is 4.79 Å². The van der Waals surface area contributed by atoms with Crippen LogP contribution < -0.4 is 11.1 Å². The average molecular weight is 315 g/mol. The first-order chi connectivity index (χ1) is 7.56. The second-order valence-corrected chi connectivity index (χ2v) is 5.76. The summed E-state index contributed by atoms with van der Waals surface area (Å²) in [6.45, 7) is 0. The first-order valence-electron chi connectivity index (χ1n) is 4.36. The van der Waals surface area contributed by atoms with Gasteiger partial charge in [-0.3, -0.25) is 4.79 Å². The smallest absolute Gasteiger partial charge is 0.263 e. The van der Waals surface area contributed by atoms with E-state index in [1.165, 1.54) is 11.8 Å². The third-order valence-electron chi connectivity index (χ3n) is 1.98. The van der Waals surface area contributed by atoms with Crippen molar-refractivity contribution in [2.24, 2.45) is 0 Å². The fourth-order valence-corrected chi connectivity index (χ4v) is 2.65. The van der Waals surface area contributed by atoms with Crippen molar-refractivity contribution in [2.45, 2.75) is 0 Å². The van der Waals surface area contributed by atoms with Crippen LogP contribution in [0.2, 0.25) is 0 Å². The number of anilines is 1. The number of carbonyl (C=O) groups is 1. The molecule has 6 heteroatoms. The number of nitrogens with one attached hydrogen (secondary N) is 1. The average Bonchev–Trinajstić information content (AvgIpc) is 2.51. The van der Waals surface area contributed by atoms with E-state index in [0.717, 1.165) is 10.0 Å². The van der Waals surface area contributed by atoms with E-state index in [1.54, 1.807) is 12.1 Å². The van der Waals surface area contributed by atoms with E-state index >= 15 is 0 Å². The number of hydrogen-bond donors (Lipinski definition) is 2. The number of nitrogen functional groups attached to an aromatic ring is 1. The van der Waals surface area contributed by atoms with E-state index in [9.17, 15) is 4.79 Å². The lowest BCUT2D eigenvalue weighted by Gasteiger charge is -2.01. The van der Waals surface area contributed by atoms with Crippen molar-refractivity contribution in [2.75, 3.05) is 5.73 Å². The summed E-state index contributed by atoms with van der Waals surface area (Å²) in [5, 5.41) is 2.56. The summed E-state index contributed by atoms with van der Waals surface area (Å²) in [5.41, 5.74) is 7.24. The molecule has 1 aromatic rings. The minimum absolute atomic E-state index is 0.172. The van der Waals surface area contributed by atoms with Gasteiger partial charge in [0, 0.05) is 10.2 Å². The molecule has 0 bridgehead atoms. The van der Waals surface area contributed by atoms with Crippen LogP contribution in [0.5, 0.6) is 0 Å². The number of nitrogens with two attached hydrogens (primary N) is 1. The Balaban J connectivity index is 2.39. The SMILES string of the molecule is Nc1ccc(Br)cc1/C=C1\SC(=S)NC1=O. The van der Waals surface area contributed by atoms with Crippen LogP contribution in [0, 0.1) is 0 Å². The Morgan fingerprint density at radius 1 is 1.50 bits per heavy atom. The molecule has 2 rings (SSSR count). The topological polar surface area (TPSA) is 55.1 Å². The molecule has 3 nitrogen and oxygen atoms in total. The molecule has 1 aliphatic rings. The predicted molar refractivity (Wildman–Crippen MR) is 74.9 cm³/mol. The summed E-state index contributed by atoms with van der Waals surface area (Å²) in [4.78, 5) is 12.0. The molecule has 0 atom stereocenters. The standard InChI is InChI=1S/C10H7BrN2OS2/c11-6-1-2-7(12)5(3-6)4-8-9(14)13-10(15)16-8/h1-4H,12H2,(H,13,14,15)/b8-4-. The van der Waals surface area contributed by atoms with Crippen LogP contribution in [0.1, 0.15) is 5.56 Å². The van der Waals surface area contributed by atoms with E-state index in [0.29, 0.717) is 14.9 Å². The third kappa shape index (κ3) is 2.45.